The minimum atomic E-state index is -3.54. The standard InChI is InChI=1S/C21H25FN2O3S/c1-2-16-7-9-18(10-8-16)28(26,27)23-15-17-11-13-24(14-12-17)21(25)19-5-3-4-6-20(19)22/h3-10,17,23H,2,11-15H2,1H3. The van der Waals surface area contributed by atoms with Gasteiger partial charge in [0.2, 0.25) is 10.0 Å². The molecule has 0 atom stereocenters. The summed E-state index contributed by atoms with van der Waals surface area (Å²) in [5.41, 5.74) is 1.17. The van der Waals surface area contributed by atoms with E-state index >= 15 is 0 Å². The third-order valence-electron chi connectivity index (χ3n) is 5.21. The van der Waals surface area contributed by atoms with Crippen LogP contribution < -0.4 is 4.72 Å². The number of halogens is 1. The Morgan fingerprint density at radius 2 is 1.75 bits per heavy atom. The summed E-state index contributed by atoms with van der Waals surface area (Å²) in [6.07, 6.45) is 2.22. The molecule has 1 aliphatic heterocycles. The molecule has 2 aromatic carbocycles. The Kier molecular flexibility index (Phi) is 6.46. The van der Waals surface area contributed by atoms with Gasteiger partial charge in [-0.3, -0.25) is 4.79 Å². The monoisotopic (exact) mass is 404 g/mol. The van der Waals surface area contributed by atoms with Crippen LogP contribution in [0.3, 0.4) is 0 Å². The summed E-state index contributed by atoms with van der Waals surface area (Å²) < 4.78 is 41.4. The van der Waals surface area contributed by atoms with Crippen LogP contribution in [0.2, 0.25) is 0 Å². The number of hydrogen-bond donors (Lipinski definition) is 1. The lowest BCUT2D eigenvalue weighted by Gasteiger charge is -2.32. The molecule has 3 rings (SSSR count). The normalized spacial score (nSPS) is 15.6. The van der Waals surface area contributed by atoms with Gasteiger partial charge >= 0.3 is 0 Å². The zero-order valence-corrected chi connectivity index (χ0v) is 16.7. The topological polar surface area (TPSA) is 66.5 Å². The fraction of sp³-hybridized carbons (Fsp3) is 0.381. The molecule has 0 saturated carbocycles. The van der Waals surface area contributed by atoms with Crippen molar-refractivity contribution in [3.05, 3.63) is 65.5 Å². The van der Waals surface area contributed by atoms with Gasteiger partial charge in [0, 0.05) is 19.6 Å². The Morgan fingerprint density at radius 1 is 1.11 bits per heavy atom. The second-order valence-electron chi connectivity index (χ2n) is 7.06. The van der Waals surface area contributed by atoms with Crippen LogP contribution in [0, 0.1) is 11.7 Å². The highest BCUT2D eigenvalue weighted by Gasteiger charge is 2.26. The first-order chi connectivity index (χ1) is 13.4. The first-order valence-corrected chi connectivity index (χ1v) is 11.0. The number of nitrogens with zero attached hydrogens (tertiary/aromatic N) is 1. The zero-order valence-electron chi connectivity index (χ0n) is 15.9. The molecule has 0 radical (unpaired) electrons. The number of likely N-dealkylation sites (tertiary alicyclic amines) is 1. The number of piperidine rings is 1. The molecule has 0 spiro atoms. The van der Waals surface area contributed by atoms with Gasteiger partial charge in [-0.25, -0.2) is 17.5 Å². The molecule has 0 aliphatic carbocycles. The quantitative estimate of drug-likeness (QED) is 0.804. The lowest BCUT2D eigenvalue weighted by Crippen LogP contribution is -2.41. The van der Waals surface area contributed by atoms with E-state index in [1.807, 2.05) is 19.1 Å². The van der Waals surface area contributed by atoms with E-state index < -0.39 is 15.8 Å². The third kappa shape index (κ3) is 4.77. The fourth-order valence-corrected chi connectivity index (χ4v) is 4.48. The van der Waals surface area contributed by atoms with E-state index in [-0.39, 0.29) is 22.3 Å². The maximum absolute atomic E-state index is 13.8. The summed E-state index contributed by atoms with van der Waals surface area (Å²) in [5.74, 6) is -0.681. The van der Waals surface area contributed by atoms with E-state index in [0.29, 0.717) is 32.5 Å². The Hall–Kier alpha value is -2.25. The van der Waals surface area contributed by atoms with Crippen LogP contribution in [0.25, 0.3) is 0 Å². The van der Waals surface area contributed by atoms with Crippen LogP contribution in [0.4, 0.5) is 4.39 Å². The zero-order chi connectivity index (χ0) is 20.1. The number of carbonyl (C=O) groups excluding carboxylic acids is 1. The smallest absolute Gasteiger partial charge is 0.256 e. The Labute approximate surface area is 165 Å². The minimum Gasteiger partial charge on any atom is -0.339 e. The van der Waals surface area contributed by atoms with Crippen LogP contribution in [0.15, 0.2) is 53.4 Å². The van der Waals surface area contributed by atoms with Crippen molar-refractivity contribution in [2.45, 2.75) is 31.1 Å². The second kappa shape index (κ2) is 8.84. The number of amides is 1. The predicted octanol–water partition coefficient (Wildman–Crippen LogP) is 3.22. The van der Waals surface area contributed by atoms with Crippen LogP contribution >= 0.6 is 0 Å². The van der Waals surface area contributed by atoms with Gasteiger partial charge in [-0.15, -0.1) is 0 Å². The summed E-state index contributed by atoms with van der Waals surface area (Å²) in [6.45, 7) is 3.33. The van der Waals surface area contributed by atoms with Crippen molar-refractivity contribution in [3.8, 4) is 0 Å². The Morgan fingerprint density at radius 3 is 2.36 bits per heavy atom. The van der Waals surface area contributed by atoms with Gasteiger partial charge in [0.05, 0.1) is 10.5 Å². The lowest BCUT2D eigenvalue weighted by atomic mass is 9.96. The number of aryl methyl sites for hydroxylation is 1. The van der Waals surface area contributed by atoms with Crippen molar-refractivity contribution in [2.24, 2.45) is 5.92 Å². The molecule has 1 fully saturated rings. The van der Waals surface area contributed by atoms with Gasteiger partial charge in [-0.1, -0.05) is 31.2 Å². The largest absolute Gasteiger partial charge is 0.339 e. The summed E-state index contributed by atoms with van der Waals surface area (Å²) >= 11 is 0. The maximum Gasteiger partial charge on any atom is 0.256 e. The number of nitrogens with one attached hydrogen (secondary N) is 1. The van der Waals surface area contributed by atoms with Crippen molar-refractivity contribution in [1.82, 2.24) is 9.62 Å². The first-order valence-electron chi connectivity index (χ1n) is 9.53. The van der Waals surface area contributed by atoms with Crippen LogP contribution in [-0.4, -0.2) is 38.9 Å². The number of benzene rings is 2. The molecule has 1 heterocycles. The number of hydrogen-bond acceptors (Lipinski definition) is 3. The second-order valence-corrected chi connectivity index (χ2v) is 8.83. The van der Waals surface area contributed by atoms with Gasteiger partial charge < -0.3 is 4.90 Å². The van der Waals surface area contributed by atoms with Crippen molar-refractivity contribution >= 4 is 15.9 Å². The number of rotatable bonds is 6. The molecule has 0 bridgehead atoms. The van der Waals surface area contributed by atoms with Crippen molar-refractivity contribution < 1.29 is 17.6 Å². The number of carbonyl (C=O) groups is 1. The van der Waals surface area contributed by atoms with Gasteiger partial charge in [0.25, 0.3) is 5.91 Å². The first kappa shape index (κ1) is 20.5. The highest BCUT2D eigenvalue weighted by atomic mass is 32.2. The highest BCUT2D eigenvalue weighted by molar-refractivity contribution is 7.89. The SMILES string of the molecule is CCc1ccc(S(=O)(=O)NCC2CCN(C(=O)c3ccccc3F)CC2)cc1. The van der Waals surface area contributed by atoms with Crippen molar-refractivity contribution in [2.75, 3.05) is 19.6 Å². The summed E-state index contributed by atoms with van der Waals surface area (Å²) in [7, 11) is -3.54. The summed E-state index contributed by atoms with van der Waals surface area (Å²) in [6, 6.07) is 12.9. The van der Waals surface area contributed by atoms with E-state index in [4.69, 9.17) is 0 Å². The number of sulfonamides is 1. The molecule has 0 aromatic heterocycles. The molecule has 1 N–H and O–H groups in total. The lowest BCUT2D eigenvalue weighted by molar-refractivity contribution is 0.0687. The molecule has 1 aliphatic rings. The van der Waals surface area contributed by atoms with Gasteiger partial charge in [0.1, 0.15) is 5.82 Å². The van der Waals surface area contributed by atoms with Crippen LogP contribution in [-0.2, 0) is 16.4 Å². The van der Waals surface area contributed by atoms with E-state index in [1.54, 1.807) is 29.2 Å². The third-order valence-corrected chi connectivity index (χ3v) is 6.65. The molecular formula is C21H25FN2O3S. The average Bonchev–Trinajstić information content (AvgIpc) is 2.72. The Balaban J connectivity index is 1.52. The maximum atomic E-state index is 13.8. The molecule has 5 nitrogen and oxygen atoms in total. The summed E-state index contributed by atoms with van der Waals surface area (Å²) in [4.78, 5) is 14.3. The van der Waals surface area contributed by atoms with E-state index in [1.165, 1.54) is 12.1 Å². The van der Waals surface area contributed by atoms with E-state index in [2.05, 4.69) is 4.72 Å². The molecular weight excluding hydrogens is 379 g/mol. The van der Waals surface area contributed by atoms with Gasteiger partial charge in [0.15, 0.2) is 0 Å². The minimum absolute atomic E-state index is 0.0807. The molecule has 1 saturated heterocycles. The van der Waals surface area contributed by atoms with E-state index in [0.717, 1.165) is 12.0 Å². The fourth-order valence-electron chi connectivity index (χ4n) is 3.36. The van der Waals surface area contributed by atoms with Gasteiger partial charge in [-0.05, 0) is 55.0 Å². The molecule has 150 valence electrons. The molecule has 0 unspecified atom stereocenters. The van der Waals surface area contributed by atoms with Gasteiger partial charge in [-0.2, -0.15) is 0 Å². The predicted molar refractivity (Wildman–Crippen MR) is 106 cm³/mol. The van der Waals surface area contributed by atoms with Crippen molar-refractivity contribution in [1.29, 1.82) is 0 Å². The molecule has 1 amide bonds. The molecule has 2 aromatic rings. The summed E-state index contributed by atoms with van der Waals surface area (Å²) in [5, 5.41) is 0. The van der Waals surface area contributed by atoms with E-state index in [9.17, 15) is 17.6 Å². The average molecular weight is 405 g/mol. The molecule has 7 heteroatoms. The molecule has 28 heavy (non-hydrogen) atoms. The van der Waals surface area contributed by atoms with Crippen LogP contribution in [0.1, 0.15) is 35.7 Å². The highest BCUT2D eigenvalue weighted by Crippen LogP contribution is 2.20. The van der Waals surface area contributed by atoms with Crippen molar-refractivity contribution in [3.63, 3.8) is 0 Å². The Bertz CT molecular complexity index is 921. The van der Waals surface area contributed by atoms with Crippen LogP contribution in [0.5, 0.6) is 0 Å².